The molecule has 2 amide bonds. The number of carbonyl (C=O) groups excluding carboxylic acids is 2. The molecule has 0 aliphatic heterocycles. The monoisotopic (exact) mass is 615 g/mol. The summed E-state index contributed by atoms with van der Waals surface area (Å²) >= 11 is 17.9. The summed E-state index contributed by atoms with van der Waals surface area (Å²) in [4.78, 5) is 27.5. The number of nitrogens with one attached hydrogen (secondary N) is 1. The Labute approximate surface area is 234 Å². The number of amides is 2. The molecule has 2 atom stereocenters. The fourth-order valence-corrected chi connectivity index (χ4v) is 4.92. The van der Waals surface area contributed by atoms with Crippen LogP contribution in [0.4, 0.5) is 18.9 Å². The van der Waals surface area contributed by atoms with E-state index >= 15 is 0 Å². The number of rotatable bonds is 10. The Morgan fingerprint density at radius 1 is 1.03 bits per heavy atom. The third-order valence-electron chi connectivity index (χ3n) is 5.75. The van der Waals surface area contributed by atoms with E-state index in [0.717, 1.165) is 23.3 Å². The zero-order chi connectivity index (χ0) is 29.0. The lowest BCUT2D eigenvalue weighted by atomic mass is 10.1. The Bertz CT molecular complexity index is 1290. The minimum atomic E-state index is -4.86. The number of halogens is 6. The molecule has 7 nitrogen and oxygen atoms in total. The number of anilines is 1. The van der Waals surface area contributed by atoms with Gasteiger partial charge in [-0.1, -0.05) is 47.8 Å². The molecule has 0 bridgehead atoms. The summed E-state index contributed by atoms with van der Waals surface area (Å²) in [7, 11) is -4.25. The van der Waals surface area contributed by atoms with E-state index < -0.39 is 56.9 Å². The van der Waals surface area contributed by atoms with Gasteiger partial charge in [-0.2, -0.15) is 13.2 Å². The Kier molecular flexibility index (Phi) is 10.7. The molecule has 0 heterocycles. The Morgan fingerprint density at radius 3 is 2.18 bits per heavy atom. The van der Waals surface area contributed by atoms with E-state index in [9.17, 15) is 31.2 Å². The van der Waals surface area contributed by atoms with Crippen molar-refractivity contribution in [2.45, 2.75) is 52.0 Å². The lowest BCUT2D eigenvalue weighted by Gasteiger charge is -2.32. The van der Waals surface area contributed by atoms with Crippen molar-refractivity contribution in [3.8, 4) is 0 Å². The summed E-state index contributed by atoms with van der Waals surface area (Å²) in [6.45, 7) is 4.00. The second kappa shape index (κ2) is 12.8. The van der Waals surface area contributed by atoms with Crippen LogP contribution in [0.2, 0.25) is 15.1 Å². The zero-order valence-electron chi connectivity index (χ0n) is 20.9. The molecular formula is C24H27Cl3F3N3O4S. The number of carbonyl (C=O) groups is 2. The van der Waals surface area contributed by atoms with Crippen LogP contribution in [0.1, 0.15) is 38.3 Å². The second-order valence-electron chi connectivity index (χ2n) is 8.68. The number of benzene rings is 2. The smallest absolute Gasteiger partial charge is 0.352 e. The van der Waals surface area contributed by atoms with E-state index in [-0.39, 0.29) is 17.6 Å². The van der Waals surface area contributed by atoms with Gasteiger partial charge in [-0.3, -0.25) is 13.9 Å². The van der Waals surface area contributed by atoms with E-state index in [0.29, 0.717) is 27.4 Å². The first kappa shape index (κ1) is 32.0. The topological polar surface area (TPSA) is 86.8 Å². The summed E-state index contributed by atoms with van der Waals surface area (Å²) in [5.74, 6) is -1.36. The number of alkyl halides is 3. The molecular weight excluding hydrogens is 590 g/mol. The van der Waals surface area contributed by atoms with E-state index in [2.05, 4.69) is 5.32 Å². The van der Waals surface area contributed by atoms with Crippen LogP contribution in [0, 0.1) is 0 Å². The lowest BCUT2D eigenvalue weighted by molar-refractivity contribution is -0.139. The fourth-order valence-electron chi connectivity index (χ4n) is 3.38. The molecule has 0 aliphatic carbocycles. The van der Waals surface area contributed by atoms with E-state index in [4.69, 9.17) is 34.8 Å². The average Bonchev–Trinajstić information content (AvgIpc) is 2.80. The van der Waals surface area contributed by atoms with Gasteiger partial charge in [0, 0.05) is 22.6 Å². The van der Waals surface area contributed by atoms with Crippen molar-refractivity contribution in [1.82, 2.24) is 10.2 Å². The zero-order valence-corrected chi connectivity index (χ0v) is 24.0. The third kappa shape index (κ3) is 8.39. The van der Waals surface area contributed by atoms with Gasteiger partial charge >= 0.3 is 6.18 Å². The van der Waals surface area contributed by atoms with Crippen molar-refractivity contribution >= 4 is 62.3 Å². The highest BCUT2D eigenvalue weighted by molar-refractivity contribution is 7.92. The van der Waals surface area contributed by atoms with Crippen molar-refractivity contribution in [1.29, 1.82) is 0 Å². The van der Waals surface area contributed by atoms with Crippen LogP contribution >= 0.6 is 34.8 Å². The summed E-state index contributed by atoms with van der Waals surface area (Å²) in [5.41, 5.74) is -1.26. The van der Waals surface area contributed by atoms with E-state index in [1.807, 2.05) is 6.92 Å². The quantitative estimate of drug-likeness (QED) is 0.368. The van der Waals surface area contributed by atoms with Gasteiger partial charge in [0.15, 0.2) is 0 Å². The molecule has 38 heavy (non-hydrogen) atoms. The largest absolute Gasteiger partial charge is 0.417 e. The highest BCUT2D eigenvalue weighted by atomic mass is 35.5. The van der Waals surface area contributed by atoms with Gasteiger partial charge in [-0.25, -0.2) is 8.42 Å². The highest BCUT2D eigenvalue weighted by Gasteiger charge is 2.35. The first-order valence-corrected chi connectivity index (χ1v) is 14.3. The standard InChI is InChI=1S/C24H27Cl3F3N3O4S/c1-5-14(2)31-23(35)15(3)32(12-16-6-7-17(25)10-21(16)27)22(34)13-33(38(4,36)37)18-8-9-20(26)19(11-18)24(28,29)30/h6-11,14-15H,5,12-13H2,1-4H3,(H,31,35)/t14-,15-/m0/s1. The van der Waals surface area contributed by atoms with Crippen LogP contribution in [0.15, 0.2) is 36.4 Å². The van der Waals surface area contributed by atoms with Crippen molar-refractivity contribution in [3.05, 3.63) is 62.6 Å². The predicted molar refractivity (Wildman–Crippen MR) is 143 cm³/mol. The lowest BCUT2D eigenvalue weighted by Crippen LogP contribution is -2.52. The maximum absolute atomic E-state index is 13.5. The van der Waals surface area contributed by atoms with Crippen LogP contribution in [0.3, 0.4) is 0 Å². The van der Waals surface area contributed by atoms with Gasteiger partial charge < -0.3 is 10.2 Å². The number of sulfonamides is 1. The molecule has 1 N–H and O–H groups in total. The molecule has 2 aromatic carbocycles. The molecule has 210 valence electrons. The Morgan fingerprint density at radius 2 is 1.66 bits per heavy atom. The van der Waals surface area contributed by atoms with Crippen molar-refractivity contribution in [3.63, 3.8) is 0 Å². The minimum Gasteiger partial charge on any atom is -0.352 e. The van der Waals surface area contributed by atoms with Crippen molar-refractivity contribution in [2.75, 3.05) is 17.1 Å². The number of hydrogen-bond acceptors (Lipinski definition) is 4. The third-order valence-corrected chi connectivity index (χ3v) is 7.80. The first-order chi connectivity index (χ1) is 17.4. The summed E-state index contributed by atoms with van der Waals surface area (Å²) < 4.78 is 66.0. The van der Waals surface area contributed by atoms with Gasteiger partial charge in [0.25, 0.3) is 0 Å². The second-order valence-corrected chi connectivity index (χ2v) is 11.8. The maximum Gasteiger partial charge on any atom is 0.417 e. The molecule has 0 unspecified atom stereocenters. The van der Waals surface area contributed by atoms with Crippen LogP contribution in [-0.4, -0.2) is 50.0 Å². The molecule has 0 aromatic heterocycles. The molecule has 2 rings (SSSR count). The normalized spacial score (nSPS) is 13.5. The van der Waals surface area contributed by atoms with Crippen molar-refractivity contribution < 1.29 is 31.2 Å². The van der Waals surface area contributed by atoms with Crippen LogP contribution < -0.4 is 9.62 Å². The van der Waals surface area contributed by atoms with Crippen molar-refractivity contribution in [2.24, 2.45) is 0 Å². The molecule has 0 fully saturated rings. The molecule has 2 aromatic rings. The minimum absolute atomic E-state index is 0.198. The molecule has 0 radical (unpaired) electrons. The van der Waals surface area contributed by atoms with Gasteiger partial charge in [0.1, 0.15) is 12.6 Å². The first-order valence-electron chi connectivity index (χ1n) is 11.3. The van der Waals surface area contributed by atoms with Crippen LogP contribution in [0.25, 0.3) is 0 Å². The summed E-state index contributed by atoms with van der Waals surface area (Å²) in [6, 6.07) is 5.75. The van der Waals surface area contributed by atoms with E-state index in [1.165, 1.54) is 19.1 Å². The molecule has 0 aliphatic rings. The summed E-state index contributed by atoms with van der Waals surface area (Å²) in [5, 5.41) is 2.68. The molecule has 14 heteroatoms. The Hall–Kier alpha value is -2.21. The number of nitrogens with zero attached hydrogens (tertiary/aromatic N) is 2. The predicted octanol–water partition coefficient (Wildman–Crippen LogP) is 5.76. The summed E-state index contributed by atoms with van der Waals surface area (Å²) in [6.07, 6.45) is -3.49. The van der Waals surface area contributed by atoms with Crippen LogP contribution in [0.5, 0.6) is 0 Å². The molecule has 0 saturated carbocycles. The maximum atomic E-state index is 13.5. The van der Waals surface area contributed by atoms with Gasteiger partial charge in [0.05, 0.1) is 22.5 Å². The molecule has 0 spiro atoms. The number of hydrogen-bond donors (Lipinski definition) is 1. The molecule has 0 saturated heterocycles. The highest BCUT2D eigenvalue weighted by Crippen LogP contribution is 2.37. The van der Waals surface area contributed by atoms with Gasteiger partial charge in [-0.15, -0.1) is 0 Å². The SMILES string of the molecule is CC[C@H](C)NC(=O)[C@H](C)N(Cc1ccc(Cl)cc1Cl)C(=O)CN(c1ccc(Cl)c(C(F)(F)F)c1)S(C)(=O)=O. The fraction of sp³-hybridized carbons (Fsp3) is 0.417. The van der Waals surface area contributed by atoms with Gasteiger partial charge in [-0.05, 0) is 56.2 Å². The Balaban J connectivity index is 2.51. The average molecular weight is 617 g/mol. The van der Waals surface area contributed by atoms with Crippen LogP contribution in [-0.2, 0) is 32.3 Å². The van der Waals surface area contributed by atoms with Gasteiger partial charge in [0.2, 0.25) is 21.8 Å². The van der Waals surface area contributed by atoms with E-state index in [1.54, 1.807) is 13.0 Å².